The molecule has 1 fully saturated rings. The fourth-order valence-electron chi connectivity index (χ4n) is 1.79. The molecule has 1 aliphatic heterocycles. The third-order valence-electron chi connectivity index (χ3n) is 2.73. The molecular formula is C10H12N4. The van der Waals surface area contributed by atoms with Gasteiger partial charge >= 0.3 is 0 Å². The SMILES string of the molecule is Cc1ncc2ccn(C3CNC3)c2n1. The van der Waals surface area contributed by atoms with Crippen molar-refractivity contribution in [2.45, 2.75) is 13.0 Å². The molecule has 14 heavy (non-hydrogen) atoms. The Kier molecular flexibility index (Phi) is 1.58. The van der Waals surface area contributed by atoms with Crippen LogP contribution >= 0.6 is 0 Å². The maximum atomic E-state index is 4.46. The third-order valence-corrected chi connectivity index (χ3v) is 2.73. The lowest BCUT2D eigenvalue weighted by Crippen LogP contribution is -2.43. The Morgan fingerprint density at radius 3 is 3.07 bits per heavy atom. The zero-order chi connectivity index (χ0) is 9.54. The van der Waals surface area contributed by atoms with Crippen molar-refractivity contribution in [3.63, 3.8) is 0 Å². The number of rotatable bonds is 1. The van der Waals surface area contributed by atoms with Gasteiger partial charge in [0, 0.05) is 30.9 Å². The predicted molar refractivity (Wildman–Crippen MR) is 54.2 cm³/mol. The largest absolute Gasteiger partial charge is 0.327 e. The van der Waals surface area contributed by atoms with Gasteiger partial charge in [0.15, 0.2) is 0 Å². The molecule has 0 aliphatic carbocycles. The van der Waals surface area contributed by atoms with Crippen LogP contribution in [0.5, 0.6) is 0 Å². The fraction of sp³-hybridized carbons (Fsp3) is 0.400. The van der Waals surface area contributed by atoms with E-state index < -0.39 is 0 Å². The molecule has 0 spiro atoms. The zero-order valence-corrected chi connectivity index (χ0v) is 8.07. The van der Waals surface area contributed by atoms with Crippen molar-refractivity contribution in [1.29, 1.82) is 0 Å². The van der Waals surface area contributed by atoms with Gasteiger partial charge in [-0.25, -0.2) is 9.97 Å². The first kappa shape index (κ1) is 7.94. The monoisotopic (exact) mass is 188 g/mol. The molecule has 0 radical (unpaired) electrons. The van der Waals surface area contributed by atoms with Gasteiger partial charge in [-0.1, -0.05) is 0 Å². The minimum Gasteiger partial charge on any atom is -0.327 e. The topological polar surface area (TPSA) is 42.7 Å². The van der Waals surface area contributed by atoms with Gasteiger partial charge in [-0.2, -0.15) is 0 Å². The van der Waals surface area contributed by atoms with Crippen LogP contribution in [0.25, 0.3) is 11.0 Å². The summed E-state index contributed by atoms with van der Waals surface area (Å²) >= 11 is 0. The number of hydrogen-bond acceptors (Lipinski definition) is 3. The second-order valence-corrected chi connectivity index (χ2v) is 3.73. The summed E-state index contributed by atoms with van der Waals surface area (Å²) in [6.07, 6.45) is 3.99. The molecule has 3 rings (SSSR count). The molecule has 4 nitrogen and oxygen atoms in total. The van der Waals surface area contributed by atoms with Gasteiger partial charge in [0.2, 0.25) is 0 Å². The smallest absolute Gasteiger partial charge is 0.143 e. The summed E-state index contributed by atoms with van der Waals surface area (Å²) in [4.78, 5) is 8.65. The predicted octanol–water partition coefficient (Wildman–Crippen LogP) is 0.884. The Balaban J connectivity index is 2.18. The van der Waals surface area contributed by atoms with Crippen molar-refractivity contribution in [2.24, 2.45) is 0 Å². The number of fused-ring (bicyclic) bond motifs is 1. The number of nitrogens with zero attached hydrogens (tertiary/aromatic N) is 3. The highest BCUT2D eigenvalue weighted by molar-refractivity contribution is 5.75. The Morgan fingerprint density at radius 2 is 2.36 bits per heavy atom. The minimum absolute atomic E-state index is 0.571. The number of aryl methyl sites for hydroxylation is 1. The molecule has 3 heterocycles. The highest BCUT2D eigenvalue weighted by Gasteiger charge is 2.20. The molecule has 0 atom stereocenters. The molecule has 0 bridgehead atoms. The average Bonchev–Trinajstić information content (AvgIpc) is 2.46. The van der Waals surface area contributed by atoms with Crippen molar-refractivity contribution in [3.05, 3.63) is 24.3 Å². The summed E-state index contributed by atoms with van der Waals surface area (Å²) in [6.45, 7) is 4.02. The number of aromatic nitrogens is 3. The minimum atomic E-state index is 0.571. The van der Waals surface area contributed by atoms with Crippen LogP contribution < -0.4 is 5.32 Å². The molecule has 2 aromatic rings. The van der Waals surface area contributed by atoms with Crippen LogP contribution in [-0.2, 0) is 0 Å². The van der Waals surface area contributed by atoms with Crippen molar-refractivity contribution < 1.29 is 0 Å². The first-order chi connectivity index (χ1) is 6.84. The molecule has 0 amide bonds. The fourth-order valence-corrected chi connectivity index (χ4v) is 1.79. The van der Waals surface area contributed by atoms with Crippen LogP contribution in [0.15, 0.2) is 18.5 Å². The van der Waals surface area contributed by atoms with E-state index in [1.165, 1.54) is 0 Å². The maximum Gasteiger partial charge on any atom is 0.143 e. The zero-order valence-electron chi connectivity index (χ0n) is 8.07. The number of hydrogen-bond donors (Lipinski definition) is 1. The van der Waals surface area contributed by atoms with E-state index >= 15 is 0 Å². The van der Waals surface area contributed by atoms with Gasteiger partial charge < -0.3 is 9.88 Å². The molecule has 72 valence electrons. The Morgan fingerprint density at radius 1 is 1.50 bits per heavy atom. The van der Waals surface area contributed by atoms with Crippen molar-refractivity contribution in [2.75, 3.05) is 13.1 Å². The molecule has 1 aliphatic rings. The Labute approximate surface area is 82.0 Å². The van der Waals surface area contributed by atoms with Crippen LogP contribution in [0.2, 0.25) is 0 Å². The van der Waals surface area contributed by atoms with E-state index in [4.69, 9.17) is 0 Å². The highest BCUT2D eigenvalue weighted by Crippen LogP contribution is 2.20. The molecule has 1 saturated heterocycles. The van der Waals surface area contributed by atoms with Crippen LogP contribution in [-0.4, -0.2) is 27.6 Å². The van der Waals surface area contributed by atoms with Crippen molar-refractivity contribution in [1.82, 2.24) is 19.9 Å². The van der Waals surface area contributed by atoms with Gasteiger partial charge in [0.05, 0.1) is 6.04 Å². The molecule has 0 saturated carbocycles. The normalized spacial score (nSPS) is 17.2. The molecular weight excluding hydrogens is 176 g/mol. The van der Waals surface area contributed by atoms with Crippen LogP contribution in [0.3, 0.4) is 0 Å². The second kappa shape index (κ2) is 2.78. The summed E-state index contributed by atoms with van der Waals surface area (Å²) in [5.41, 5.74) is 1.06. The molecule has 0 aromatic carbocycles. The van der Waals surface area contributed by atoms with E-state index in [2.05, 4.69) is 32.1 Å². The maximum absolute atomic E-state index is 4.46. The lowest BCUT2D eigenvalue weighted by Gasteiger charge is -2.28. The first-order valence-electron chi connectivity index (χ1n) is 4.85. The lowest BCUT2D eigenvalue weighted by atomic mass is 10.2. The first-order valence-corrected chi connectivity index (χ1v) is 4.85. The Bertz CT molecular complexity index is 470. The summed E-state index contributed by atoms with van der Waals surface area (Å²) < 4.78 is 2.24. The van der Waals surface area contributed by atoms with Gasteiger partial charge in [0.1, 0.15) is 11.5 Å². The molecule has 1 N–H and O–H groups in total. The summed E-state index contributed by atoms with van der Waals surface area (Å²) in [5, 5.41) is 4.39. The van der Waals surface area contributed by atoms with Crippen LogP contribution in [0.1, 0.15) is 11.9 Å². The van der Waals surface area contributed by atoms with Gasteiger partial charge in [-0.15, -0.1) is 0 Å². The highest BCUT2D eigenvalue weighted by atomic mass is 15.2. The van der Waals surface area contributed by atoms with Crippen molar-refractivity contribution >= 4 is 11.0 Å². The molecule has 0 unspecified atom stereocenters. The summed E-state index contributed by atoms with van der Waals surface area (Å²) in [5.74, 6) is 0.838. The van der Waals surface area contributed by atoms with Gasteiger partial charge in [-0.3, -0.25) is 0 Å². The van der Waals surface area contributed by atoms with E-state index in [-0.39, 0.29) is 0 Å². The second-order valence-electron chi connectivity index (χ2n) is 3.73. The van der Waals surface area contributed by atoms with Crippen molar-refractivity contribution in [3.8, 4) is 0 Å². The number of nitrogens with one attached hydrogen (secondary N) is 1. The molecule has 4 heteroatoms. The third kappa shape index (κ3) is 1.04. The van der Waals surface area contributed by atoms with Gasteiger partial charge in [0.25, 0.3) is 0 Å². The standard InChI is InChI=1S/C10H12N4/c1-7-12-4-8-2-3-14(10(8)13-7)9-5-11-6-9/h2-4,9,11H,5-6H2,1H3. The average molecular weight is 188 g/mol. The molecule has 2 aromatic heterocycles. The van der Waals surface area contributed by atoms with Crippen LogP contribution in [0.4, 0.5) is 0 Å². The van der Waals surface area contributed by atoms with E-state index in [9.17, 15) is 0 Å². The summed E-state index contributed by atoms with van der Waals surface area (Å²) in [6, 6.07) is 2.65. The van der Waals surface area contributed by atoms with E-state index in [1.54, 1.807) is 0 Å². The Hall–Kier alpha value is -1.42. The summed E-state index contributed by atoms with van der Waals surface area (Å²) in [7, 11) is 0. The van der Waals surface area contributed by atoms with E-state index in [1.807, 2.05) is 13.1 Å². The van der Waals surface area contributed by atoms with E-state index in [0.29, 0.717) is 6.04 Å². The van der Waals surface area contributed by atoms with E-state index in [0.717, 1.165) is 29.9 Å². The lowest BCUT2D eigenvalue weighted by molar-refractivity contribution is 0.350. The van der Waals surface area contributed by atoms with Gasteiger partial charge in [-0.05, 0) is 13.0 Å². The van der Waals surface area contributed by atoms with Crippen LogP contribution in [0, 0.1) is 6.92 Å². The quantitative estimate of drug-likeness (QED) is 0.722.